The first kappa shape index (κ1) is 18.7. The monoisotopic (exact) mass is 424 g/mol. The van der Waals surface area contributed by atoms with Gasteiger partial charge in [-0.1, -0.05) is 12.1 Å². The van der Waals surface area contributed by atoms with Crippen molar-refractivity contribution in [3.63, 3.8) is 0 Å². The number of hydrogen-bond donors (Lipinski definition) is 0. The molecule has 0 radical (unpaired) electrons. The third-order valence-electron chi connectivity index (χ3n) is 5.66. The first-order valence-electron chi connectivity index (χ1n) is 9.71. The van der Waals surface area contributed by atoms with Crippen molar-refractivity contribution in [1.82, 2.24) is 28.6 Å². The Hall–Kier alpha value is -3.27. The molecule has 154 valence electrons. The average Bonchev–Trinajstić information content (AvgIpc) is 3.46. The lowest BCUT2D eigenvalue weighted by Crippen LogP contribution is -2.44. The van der Waals surface area contributed by atoms with E-state index >= 15 is 0 Å². The lowest BCUT2D eigenvalue weighted by Gasteiger charge is -2.23. The number of likely N-dealkylation sites (tertiary alicyclic amines) is 1. The summed E-state index contributed by atoms with van der Waals surface area (Å²) in [5.74, 6) is -0.252. The van der Waals surface area contributed by atoms with Crippen molar-refractivity contribution < 1.29 is 4.79 Å². The molecule has 1 saturated heterocycles. The van der Waals surface area contributed by atoms with Crippen molar-refractivity contribution in [3.05, 3.63) is 56.4 Å². The highest BCUT2D eigenvalue weighted by atomic mass is 32.1. The predicted molar refractivity (Wildman–Crippen MR) is 114 cm³/mol. The third kappa shape index (κ3) is 2.78. The zero-order chi connectivity index (χ0) is 21.0. The number of aryl methyl sites for hydroxylation is 2. The number of aromatic nitrogens is 5. The number of imidazole rings is 1. The summed E-state index contributed by atoms with van der Waals surface area (Å²) in [4.78, 5) is 49.4. The van der Waals surface area contributed by atoms with E-state index in [1.54, 1.807) is 34.9 Å². The molecule has 5 rings (SSSR count). The van der Waals surface area contributed by atoms with E-state index < -0.39 is 11.2 Å². The summed E-state index contributed by atoms with van der Waals surface area (Å²) in [6.45, 7) is 0.288. The molecule has 1 aromatic carbocycles. The van der Waals surface area contributed by atoms with Gasteiger partial charge in [-0.05, 0) is 25.0 Å². The minimum atomic E-state index is -0.546. The Morgan fingerprint density at radius 2 is 2.03 bits per heavy atom. The smallest absolute Gasteiger partial charge is 0.332 e. The highest BCUT2D eigenvalue weighted by Gasteiger charge is 2.33. The number of amides is 1. The van der Waals surface area contributed by atoms with E-state index in [1.165, 1.54) is 10.9 Å². The van der Waals surface area contributed by atoms with E-state index in [0.717, 1.165) is 32.6 Å². The minimum absolute atomic E-state index is 0.130. The molecule has 0 spiro atoms. The molecular formula is C20H20N6O3S. The molecule has 4 aromatic rings. The maximum absolute atomic E-state index is 13.2. The van der Waals surface area contributed by atoms with E-state index in [9.17, 15) is 14.4 Å². The molecule has 3 aromatic heterocycles. The van der Waals surface area contributed by atoms with Crippen molar-refractivity contribution >= 4 is 38.6 Å². The van der Waals surface area contributed by atoms with Gasteiger partial charge < -0.3 is 9.47 Å². The van der Waals surface area contributed by atoms with Crippen molar-refractivity contribution in [2.24, 2.45) is 14.1 Å². The molecule has 1 amide bonds. The van der Waals surface area contributed by atoms with Gasteiger partial charge in [0.1, 0.15) is 11.6 Å². The number of fused-ring (bicyclic) bond motifs is 2. The van der Waals surface area contributed by atoms with Crippen LogP contribution in [0.25, 0.3) is 21.4 Å². The van der Waals surface area contributed by atoms with Crippen molar-refractivity contribution in [1.29, 1.82) is 0 Å². The van der Waals surface area contributed by atoms with Crippen LogP contribution < -0.4 is 11.2 Å². The second-order valence-corrected chi connectivity index (χ2v) is 8.59. The fraction of sp³-hybridized carbons (Fsp3) is 0.350. The molecule has 1 atom stereocenters. The van der Waals surface area contributed by atoms with Gasteiger partial charge in [0.15, 0.2) is 11.2 Å². The van der Waals surface area contributed by atoms with Gasteiger partial charge in [0.25, 0.3) is 5.56 Å². The van der Waals surface area contributed by atoms with Crippen LogP contribution in [-0.2, 0) is 25.4 Å². The fourth-order valence-corrected chi connectivity index (χ4v) is 5.23. The van der Waals surface area contributed by atoms with E-state index in [2.05, 4.69) is 4.98 Å². The third-order valence-corrected chi connectivity index (χ3v) is 6.80. The molecular weight excluding hydrogens is 404 g/mol. The molecule has 30 heavy (non-hydrogen) atoms. The zero-order valence-corrected chi connectivity index (χ0v) is 17.4. The standard InChI is InChI=1S/C20H20N6O3S/c1-23-11-21-17-16(23)19(28)26(20(29)24(17)2)10-15(27)25-9-5-7-13(25)18-22-12-6-3-4-8-14(12)30-18/h3-4,6,8,11,13H,5,7,9-10H2,1-2H3. The van der Waals surface area contributed by atoms with Gasteiger partial charge in [0.2, 0.25) is 5.91 Å². The molecule has 10 heteroatoms. The van der Waals surface area contributed by atoms with Crippen LogP contribution in [0.1, 0.15) is 23.9 Å². The number of para-hydroxylation sites is 1. The van der Waals surface area contributed by atoms with Crippen LogP contribution in [-0.4, -0.2) is 41.0 Å². The van der Waals surface area contributed by atoms with Crippen LogP contribution >= 0.6 is 11.3 Å². The number of nitrogens with zero attached hydrogens (tertiary/aromatic N) is 6. The number of carbonyl (C=O) groups is 1. The molecule has 0 saturated carbocycles. The highest BCUT2D eigenvalue weighted by Crippen LogP contribution is 2.36. The van der Waals surface area contributed by atoms with Gasteiger partial charge >= 0.3 is 5.69 Å². The largest absolute Gasteiger partial charge is 0.332 e. The average molecular weight is 424 g/mol. The Kier molecular flexibility index (Phi) is 4.31. The van der Waals surface area contributed by atoms with Gasteiger partial charge in [-0.15, -0.1) is 11.3 Å². The number of carbonyl (C=O) groups excluding carboxylic acids is 1. The van der Waals surface area contributed by atoms with Gasteiger partial charge in [0.05, 0.1) is 22.6 Å². The summed E-state index contributed by atoms with van der Waals surface area (Å²) in [5.41, 5.74) is 0.481. The topological polar surface area (TPSA) is 95.0 Å². The van der Waals surface area contributed by atoms with Crippen LogP contribution in [0.2, 0.25) is 0 Å². The Morgan fingerprint density at radius 3 is 2.83 bits per heavy atom. The maximum Gasteiger partial charge on any atom is 0.332 e. The van der Waals surface area contributed by atoms with Gasteiger partial charge in [0, 0.05) is 20.6 Å². The van der Waals surface area contributed by atoms with Crippen LogP contribution in [0.5, 0.6) is 0 Å². The number of rotatable bonds is 3. The second-order valence-electron chi connectivity index (χ2n) is 7.53. The summed E-state index contributed by atoms with van der Waals surface area (Å²) in [6, 6.07) is 7.76. The molecule has 4 heterocycles. The summed E-state index contributed by atoms with van der Waals surface area (Å²) < 4.78 is 4.95. The number of benzene rings is 1. The molecule has 0 aliphatic carbocycles. The summed E-state index contributed by atoms with van der Waals surface area (Å²) in [5, 5.41) is 0.893. The second kappa shape index (κ2) is 6.91. The van der Waals surface area contributed by atoms with E-state index in [4.69, 9.17) is 4.98 Å². The molecule has 1 fully saturated rings. The Labute approximate surface area is 174 Å². The molecule has 1 aliphatic heterocycles. The Bertz CT molecular complexity index is 1380. The van der Waals surface area contributed by atoms with Crippen LogP contribution in [0.3, 0.4) is 0 Å². The molecule has 1 aliphatic rings. The lowest BCUT2D eigenvalue weighted by molar-refractivity contribution is -0.132. The van der Waals surface area contributed by atoms with E-state index in [1.807, 2.05) is 24.3 Å². The molecule has 0 N–H and O–H groups in total. The molecule has 0 bridgehead atoms. The van der Waals surface area contributed by atoms with Gasteiger partial charge in [-0.2, -0.15) is 0 Å². The van der Waals surface area contributed by atoms with Gasteiger partial charge in [-0.3, -0.25) is 14.2 Å². The highest BCUT2D eigenvalue weighted by molar-refractivity contribution is 7.18. The van der Waals surface area contributed by atoms with Crippen molar-refractivity contribution in [2.45, 2.75) is 25.4 Å². The van der Waals surface area contributed by atoms with Gasteiger partial charge in [-0.25, -0.2) is 19.3 Å². The SMILES string of the molecule is Cn1cnc2c1c(=O)n(CC(=O)N1CCCC1c1nc3ccccc3s1)c(=O)n2C. The quantitative estimate of drug-likeness (QED) is 0.496. The summed E-state index contributed by atoms with van der Waals surface area (Å²) >= 11 is 1.58. The Morgan fingerprint density at radius 1 is 1.23 bits per heavy atom. The van der Waals surface area contributed by atoms with E-state index in [0.29, 0.717) is 17.7 Å². The first-order valence-corrected chi connectivity index (χ1v) is 10.5. The van der Waals surface area contributed by atoms with Crippen molar-refractivity contribution in [2.75, 3.05) is 6.54 Å². The maximum atomic E-state index is 13.2. The fourth-order valence-electron chi connectivity index (χ4n) is 4.12. The normalized spacial score (nSPS) is 16.7. The van der Waals surface area contributed by atoms with Crippen LogP contribution in [0.15, 0.2) is 40.2 Å². The van der Waals surface area contributed by atoms with Crippen LogP contribution in [0, 0.1) is 0 Å². The number of thiazole rings is 1. The summed E-state index contributed by atoms with van der Waals surface area (Å²) in [6.07, 6.45) is 3.17. The Balaban J connectivity index is 1.50. The molecule has 1 unspecified atom stereocenters. The predicted octanol–water partition coefficient (Wildman–Crippen LogP) is 1.41. The summed E-state index contributed by atoms with van der Waals surface area (Å²) in [7, 11) is 3.24. The zero-order valence-electron chi connectivity index (χ0n) is 16.6. The first-order chi connectivity index (χ1) is 14.5. The lowest BCUT2D eigenvalue weighted by atomic mass is 10.2. The number of hydrogen-bond acceptors (Lipinski definition) is 6. The van der Waals surface area contributed by atoms with Crippen LogP contribution in [0.4, 0.5) is 0 Å². The minimum Gasteiger partial charge on any atom is -0.332 e. The van der Waals surface area contributed by atoms with E-state index in [-0.39, 0.29) is 18.5 Å². The van der Waals surface area contributed by atoms with Crippen molar-refractivity contribution in [3.8, 4) is 0 Å². The molecule has 9 nitrogen and oxygen atoms in total.